The minimum atomic E-state index is -0.623. The van der Waals surface area contributed by atoms with Crippen molar-refractivity contribution in [1.82, 2.24) is 0 Å². The molecule has 15 heavy (non-hydrogen) atoms. The first-order chi connectivity index (χ1) is 7.08. The Hall–Kier alpha value is -0.310. The van der Waals surface area contributed by atoms with Crippen LogP contribution >= 0.6 is 11.8 Å². The lowest BCUT2D eigenvalue weighted by molar-refractivity contribution is -0.0890. The van der Waals surface area contributed by atoms with Gasteiger partial charge in [-0.25, -0.2) is 4.79 Å². The zero-order valence-electron chi connectivity index (χ0n) is 9.03. The van der Waals surface area contributed by atoms with Crippen LogP contribution in [-0.4, -0.2) is 33.8 Å². The van der Waals surface area contributed by atoms with Crippen molar-refractivity contribution in [1.29, 1.82) is 0 Å². The van der Waals surface area contributed by atoms with Crippen LogP contribution in [0.2, 0.25) is 0 Å². The monoisotopic (exact) mass is 227 g/mol. The van der Waals surface area contributed by atoms with E-state index in [1.54, 1.807) is 6.08 Å². The first kappa shape index (κ1) is 11.2. The molecule has 1 N–H and O–H groups in total. The van der Waals surface area contributed by atoms with Crippen molar-refractivity contribution >= 4 is 17.8 Å². The Bertz CT molecular complexity index is 283. The van der Waals surface area contributed by atoms with Gasteiger partial charge in [0, 0.05) is 12.8 Å². The smallest absolute Gasteiger partial charge is 0.235 e. The second-order valence-corrected chi connectivity index (χ2v) is 6.22. The Balaban J connectivity index is 2.10. The first-order valence-corrected chi connectivity index (χ1v) is 6.63. The third-order valence-electron chi connectivity index (χ3n) is 3.56. The molecule has 2 rings (SSSR count). The fraction of sp³-hybridized carbons (Fsp3) is 0.909. The molecule has 1 saturated carbocycles. The van der Waals surface area contributed by atoms with Crippen LogP contribution in [0.1, 0.15) is 32.6 Å². The average molecular weight is 227 g/mol. The number of hydrogen-bond donors (Lipinski definition) is 1. The Morgan fingerprint density at radius 1 is 1.53 bits per heavy atom. The van der Waals surface area contributed by atoms with Gasteiger partial charge in [0.25, 0.3) is 0 Å². The molecular weight excluding hydrogens is 210 g/mol. The summed E-state index contributed by atoms with van der Waals surface area (Å²) in [6, 6.07) is 0. The number of aliphatic imine (C=N–C) groups is 1. The highest BCUT2D eigenvalue weighted by Crippen LogP contribution is 2.51. The molecule has 1 atom stereocenters. The van der Waals surface area contributed by atoms with Gasteiger partial charge in [-0.3, -0.25) is 0 Å². The number of carbonyl (C=O) groups excluding carboxylic acids is 1. The summed E-state index contributed by atoms with van der Waals surface area (Å²) in [6.07, 6.45) is 5.29. The molecule has 0 bridgehead atoms. The molecule has 3 nitrogen and oxygen atoms in total. The van der Waals surface area contributed by atoms with Crippen LogP contribution in [0, 0.1) is 5.92 Å². The van der Waals surface area contributed by atoms with Gasteiger partial charge in [0.2, 0.25) is 6.08 Å². The Labute approximate surface area is 94.4 Å². The van der Waals surface area contributed by atoms with Crippen LogP contribution < -0.4 is 0 Å². The van der Waals surface area contributed by atoms with Gasteiger partial charge in [-0.05, 0) is 37.2 Å². The predicted octanol–water partition coefficient (Wildman–Crippen LogP) is 1.75. The maximum absolute atomic E-state index is 10.5. The second-order valence-electron chi connectivity index (χ2n) is 5.07. The summed E-state index contributed by atoms with van der Waals surface area (Å²) >= 11 is 1.93. The summed E-state index contributed by atoms with van der Waals surface area (Å²) in [5.74, 6) is 2.74. The molecule has 0 aromatic carbocycles. The lowest BCUT2D eigenvalue weighted by Crippen LogP contribution is -2.58. The molecule has 1 unspecified atom stereocenters. The van der Waals surface area contributed by atoms with Crippen molar-refractivity contribution in [3.05, 3.63) is 0 Å². The zero-order valence-corrected chi connectivity index (χ0v) is 9.85. The van der Waals surface area contributed by atoms with Crippen LogP contribution in [0.3, 0.4) is 0 Å². The van der Waals surface area contributed by atoms with E-state index >= 15 is 0 Å². The van der Waals surface area contributed by atoms with Gasteiger partial charge in [0.05, 0.1) is 11.1 Å². The van der Waals surface area contributed by atoms with E-state index in [0.29, 0.717) is 18.8 Å². The van der Waals surface area contributed by atoms with E-state index in [0.717, 1.165) is 12.2 Å². The molecule has 84 valence electrons. The highest BCUT2D eigenvalue weighted by Gasteiger charge is 2.55. The van der Waals surface area contributed by atoms with E-state index in [2.05, 4.69) is 4.99 Å². The van der Waals surface area contributed by atoms with Crippen LogP contribution in [0.25, 0.3) is 0 Å². The van der Waals surface area contributed by atoms with E-state index < -0.39 is 5.60 Å². The van der Waals surface area contributed by atoms with Gasteiger partial charge in [-0.2, -0.15) is 16.8 Å². The van der Waals surface area contributed by atoms with Crippen LogP contribution in [-0.2, 0) is 4.79 Å². The van der Waals surface area contributed by atoms with Crippen LogP contribution in [0.4, 0.5) is 0 Å². The SMILES string of the molecule is CC1(O)CC(N=C=O)(C2CCCSC2)C1. The van der Waals surface area contributed by atoms with E-state index in [-0.39, 0.29) is 5.54 Å². The minimum absolute atomic E-state index is 0.293. The van der Waals surface area contributed by atoms with Gasteiger partial charge >= 0.3 is 0 Å². The van der Waals surface area contributed by atoms with Crippen LogP contribution in [0.5, 0.6) is 0 Å². The number of thioether (sulfide) groups is 1. The fourth-order valence-corrected chi connectivity index (χ4v) is 4.28. The lowest BCUT2D eigenvalue weighted by Gasteiger charge is -2.53. The Morgan fingerprint density at radius 3 is 2.73 bits per heavy atom. The number of nitrogens with zero attached hydrogens (tertiary/aromatic N) is 1. The second kappa shape index (κ2) is 3.93. The summed E-state index contributed by atoms with van der Waals surface area (Å²) in [5, 5.41) is 9.81. The molecule has 1 aliphatic carbocycles. The van der Waals surface area contributed by atoms with Gasteiger partial charge in [0.1, 0.15) is 0 Å². The molecule has 2 fully saturated rings. The van der Waals surface area contributed by atoms with Crippen molar-refractivity contribution in [2.45, 2.75) is 43.7 Å². The lowest BCUT2D eigenvalue weighted by atomic mass is 9.60. The average Bonchev–Trinajstić information content (AvgIpc) is 2.16. The number of isocyanates is 1. The normalized spacial score (nSPS) is 45.3. The van der Waals surface area contributed by atoms with Crippen molar-refractivity contribution in [2.75, 3.05) is 11.5 Å². The molecule has 1 saturated heterocycles. The third kappa shape index (κ3) is 2.12. The van der Waals surface area contributed by atoms with Gasteiger partial charge in [-0.1, -0.05) is 0 Å². The molecule has 0 aromatic heterocycles. The van der Waals surface area contributed by atoms with Crippen molar-refractivity contribution in [3.8, 4) is 0 Å². The molecule has 0 aromatic rings. The summed E-state index contributed by atoms with van der Waals surface area (Å²) < 4.78 is 0. The molecule has 0 amide bonds. The molecule has 0 radical (unpaired) electrons. The summed E-state index contributed by atoms with van der Waals surface area (Å²) in [5.41, 5.74) is -0.916. The first-order valence-electron chi connectivity index (χ1n) is 5.47. The Morgan fingerprint density at radius 2 is 2.27 bits per heavy atom. The van der Waals surface area contributed by atoms with Gasteiger partial charge < -0.3 is 5.11 Å². The topological polar surface area (TPSA) is 49.7 Å². The van der Waals surface area contributed by atoms with E-state index in [4.69, 9.17) is 0 Å². The summed E-state index contributed by atoms with van der Waals surface area (Å²) in [4.78, 5) is 14.5. The molecule has 2 aliphatic rings. The van der Waals surface area contributed by atoms with Crippen molar-refractivity contribution < 1.29 is 9.90 Å². The number of aliphatic hydroxyl groups is 1. The van der Waals surface area contributed by atoms with Crippen LogP contribution in [0.15, 0.2) is 4.99 Å². The van der Waals surface area contributed by atoms with Crippen molar-refractivity contribution in [2.24, 2.45) is 10.9 Å². The van der Waals surface area contributed by atoms with Gasteiger partial charge in [-0.15, -0.1) is 0 Å². The Kier molecular flexibility index (Phi) is 2.93. The molecule has 1 heterocycles. The maximum Gasteiger partial charge on any atom is 0.235 e. The predicted molar refractivity (Wildman–Crippen MR) is 60.8 cm³/mol. The standard InChI is InChI=1S/C11H17NO2S/c1-10(14)6-11(7-10,12-8-13)9-3-2-4-15-5-9/h9,14H,2-7H2,1H3. The van der Waals surface area contributed by atoms with Crippen molar-refractivity contribution in [3.63, 3.8) is 0 Å². The van der Waals surface area contributed by atoms with E-state index in [1.165, 1.54) is 12.2 Å². The highest BCUT2D eigenvalue weighted by atomic mass is 32.2. The summed E-state index contributed by atoms with van der Waals surface area (Å²) in [7, 11) is 0. The molecule has 1 aliphatic heterocycles. The quantitative estimate of drug-likeness (QED) is 0.577. The highest BCUT2D eigenvalue weighted by molar-refractivity contribution is 7.99. The molecule has 4 heteroatoms. The zero-order chi connectivity index (χ0) is 10.9. The number of hydrogen-bond acceptors (Lipinski definition) is 4. The van der Waals surface area contributed by atoms with E-state index in [1.807, 2.05) is 18.7 Å². The molecule has 0 spiro atoms. The van der Waals surface area contributed by atoms with Gasteiger partial charge in [0.15, 0.2) is 0 Å². The third-order valence-corrected chi connectivity index (χ3v) is 4.78. The van der Waals surface area contributed by atoms with E-state index in [9.17, 15) is 9.90 Å². The summed E-state index contributed by atoms with van der Waals surface area (Å²) in [6.45, 7) is 1.82. The fourth-order valence-electron chi connectivity index (χ4n) is 2.98. The minimum Gasteiger partial charge on any atom is -0.390 e. The maximum atomic E-state index is 10.5. The largest absolute Gasteiger partial charge is 0.390 e. The number of rotatable bonds is 2. The molecular formula is C11H17NO2S.